The topological polar surface area (TPSA) is 17.1 Å². The summed E-state index contributed by atoms with van der Waals surface area (Å²) in [5.74, 6) is 2.40. The minimum Gasteiger partial charge on any atom is -0.298 e. The predicted octanol–water partition coefficient (Wildman–Crippen LogP) is 3.59. The highest BCUT2D eigenvalue weighted by Crippen LogP contribution is 2.34. The third-order valence-corrected chi connectivity index (χ3v) is 3.44. The van der Waals surface area contributed by atoms with Gasteiger partial charge in [-0.1, -0.05) is 19.9 Å². The number of aldehydes is 1. The van der Waals surface area contributed by atoms with Crippen molar-refractivity contribution in [2.45, 2.75) is 46.5 Å². The molecule has 0 saturated heterocycles. The molecule has 0 N–H and O–H groups in total. The molecule has 0 aliphatic heterocycles. The average Bonchev–Trinajstić information content (AvgIpc) is 2.18. The number of allylic oxidation sites excluding steroid dienone is 2. The Morgan fingerprint density at radius 1 is 1.21 bits per heavy atom. The molecule has 0 aromatic carbocycles. The molecule has 0 spiro atoms. The monoisotopic (exact) mass is 194 g/mol. The highest BCUT2D eigenvalue weighted by atomic mass is 16.1. The number of rotatable bonds is 3. The summed E-state index contributed by atoms with van der Waals surface area (Å²) in [5.41, 5.74) is 0.901. The molecule has 1 fully saturated rings. The molecule has 0 bridgehead atoms. The molecule has 1 aliphatic rings. The number of hydrogen-bond acceptors (Lipinski definition) is 1. The summed E-state index contributed by atoms with van der Waals surface area (Å²) in [6.45, 7) is 6.54. The van der Waals surface area contributed by atoms with Crippen molar-refractivity contribution in [2.75, 3.05) is 0 Å². The maximum atomic E-state index is 10.5. The average molecular weight is 194 g/mol. The van der Waals surface area contributed by atoms with Crippen LogP contribution in [0, 0.1) is 17.8 Å². The second kappa shape index (κ2) is 5.33. The van der Waals surface area contributed by atoms with Crippen LogP contribution in [-0.2, 0) is 4.79 Å². The van der Waals surface area contributed by atoms with E-state index in [1.54, 1.807) is 0 Å². The Labute approximate surface area is 87.6 Å². The Morgan fingerprint density at radius 3 is 2.21 bits per heavy atom. The summed E-state index contributed by atoms with van der Waals surface area (Å²) >= 11 is 0. The van der Waals surface area contributed by atoms with E-state index in [1.165, 1.54) is 25.7 Å². The lowest BCUT2D eigenvalue weighted by Crippen LogP contribution is -2.17. The summed E-state index contributed by atoms with van der Waals surface area (Å²) in [7, 11) is 0. The maximum absolute atomic E-state index is 10.5. The Kier molecular flexibility index (Phi) is 4.37. The van der Waals surface area contributed by atoms with Gasteiger partial charge in [-0.2, -0.15) is 0 Å². The first-order chi connectivity index (χ1) is 6.63. The van der Waals surface area contributed by atoms with Gasteiger partial charge < -0.3 is 0 Å². The zero-order valence-corrected chi connectivity index (χ0v) is 9.62. The van der Waals surface area contributed by atoms with Crippen LogP contribution in [0.25, 0.3) is 0 Å². The first-order valence-corrected chi connectivity index (χ1v) is 5.77. The quantitative estimate of drug-likeness (QED) is 0.495. The zero-order chi connectivity index (χ0) is 10.6. The van der Waals surface area contributed by atoms with Gasteiger partial charge in [0.15, 0.2) is 0 Å². The fourth-order valence-electron chi connectivity index (χ4n) is 2.39. The van der Waals surface area contributed by atoms with Gasteiger partial charge in [-0.25, -0.2) is 0 Å². The molecule has 1 rings (SSSR count). The van der Waals surface area contributed by atoms with Crippen LogP contribution in [-0.4, -0.2) is 6.29 Å². The molecule has 1 nitrogen and oxygen atoms in total. The van der Waals surface area contributed by atoms with Crippen LogP contribution in [0.3, 0.4) is 0 Å². The molecule has 0 aromatic heterocycles. The second-order valence-electron chi connectivity index (χ2n) is 4.95. The molecule has 0 heterocycles. The summed E-state index contributed by atoms with van der Waals surface area (Å²) in [6.07, 6.45) is 8.34. The Morgan fingerprint density at radius 2 is 1.79 bits per heavy atom. The van der Waals surface area contributed by atoms with Gasteiger partial charge in [0.05, 0.1) is 0 Å². The van der Waals surface area contributed by atoms with E-state index in [-0.39, 0.29) is 0 Å². The standard InChI is InChI=1S/C13H22O/c1-10(2)13-6-4-12(5-7-13)8-11(3)9-14/h8-10,12-13H,4-7H2,1-3H3/b11-8-. The third kappa shape index (κ3) is 3.28. The Hall–Kier alpha value is -0.590. The Balaban J connectivity index is 2.39. The highest BCUT2D eigenvalue weighted by molar-refractivity contribution is 5.72. The summed E-state index contributed by atoms with van der Waals surface area (Å²) in [6, 6.07) is 0. The van der Waals surface area contributed by atoms with E-state index in [4.69, 9.17) is 0 Å². The fraction of sp³-hybridized carbons (Fsp3) is 0.769. The van der Waals surface area contributed by atoms with Crippen LogP contribution in [0.2, 0.25) is 0 Å². The van der Waals surface area contributed by atoms with Crippen LogP contribution in [0.4, 0.5) is 0 Å². The van der Waals surface area contributed by atoms with Gasteiger partial charge in [0.2, 0.25) is 0 Å². The van der Waals surface area contributed by atoms with E-state index < -0.39 is 0 Å². The molecule has 0 aromatic rings. The van der Waals surface area contributed by atoms with E-state index >= 15 is 0 Å². The lowest BCUT2D eigenvalue weighted by Gasteiger charge is -2.29. The third-order valence-electron chi connectivity index (χ3n) is 3.44. The first kappa shape index (κ1) is 11.5. The summed E-state index contributed by atoms with van der Waals surface area (Å²) in [4.78, 5) is 10.5. The van der Waals surface area contributed by atoms with E-state index in [0.717, 1.165) is 23.7 Å². The van der Waals surface area contributed by atoms with Crippen molar-refractivity contribution in [2.24, 2.45) is 17.8 Å². The van der Waals surface area contributed by atoms with Crippen LogP contribution in [0.5, 0.6) is 0 Å². The fourth-order valence-corrected chi connectivity index (χ4v) is 2.39. The maximum Gasteiger partial charge on any atom is 0.145 e. The first-order valence-electron chi connectivity index (χ1n) is 5.77. The van der Waals surface area contributed by atoms with Gasteiger partial charge in [0.25, 0.3) is 0 Å². The van der Waals surface area contributed by atoms with E-state index in [2.05, 4.69) is 19.9 Å². The van der Waals surface area contributed by atoms with E-state index in [9.17, 15) is 4.79 Å². The lowest BCUT2D eigenvalue weighted by atomic mass is 9.76. The van der Waals surface area contributed by atoms with Crippen molar-refractivity contribution in [1.82, 2.24) is 0 Å². The van der Waals surface area contributed by atoms with Gasteiger partial charge >= 0.3 is 0 Å². The van der Waals surface area contributed by atoms with Crippen molar-refractivity contribution in [3.05, 3.63) is 11.6 Å². The number of carbonyl (C=O) groups excluding carboxylic acids is 1. The van der Waals surface area contributed by atoms with Gasteiger partial charge in [-0.05, 0) is 55.9 Å². The number of carbonyl (C=O) groups is 1. The minimum atomic E-state index is 0.662. The van der Waals surface area contributed by atoms with Crippen LogP contribution < -0.4 is 0 Å². The van der Waals surface area contributed by atoms with Crippen LogP contribution >= 0.6 is 0 Å². The largest absolute Gasteiger partial charge is 0.298 e. The predicted molar refractivity (Wildman–Crippen MR) is 60.1 cm³/mol. The van der Waals surface area contributed by atoms with Gasteiger partial charge in [-0.15, -0.1) is 0 Å². The van der Waals surface area contributed by atoms with Crippen molar-refractivity contribution in [3.8, 4) is 0 Å². The molecule has 0 amide bonds. The van der Waals surface area contributed by atoms with E-state index in [1.807, 2.05) is 6.92 Å². The highest BCUT2D eigenvalue weighted by Gasteiger charge is 2.21. The number of hydrogen-bond donors (Lipinski definition) is 0. The van der Waals surface area contributed by atoms with Crippen LogP contribution in [0.1, 0.15) is 46.5 Å². The van der Waals surface area contributed by atoms with Crippen molar-refractivity contribution >= 4 is 6.29 Å². The van der Waals surface area contributed by atoms with Crippen LogP contribution in [0.15, 0.2) is 11.6 Å². The Bertz CT molecular complexity index is 207. The van der Waals surface area contributed by atoms with Crippen molar-refractivity contribution in [1.29, 1.82) is 0 Å². The molecule has 1 heteroatoms. The van der Waals surface area contributed by atoms with Crippen molar-refractivity contribution in [3.63, 3.8) is 0 Å². The van der Waals surface area contributed by atoms with E-state index in [0.29, 0.717) is 5.92 Å². The van der Waals surface area contributed by atoms with Gasteiger partial charge in [0.1, 0.15) is 6.29 Å². The molecule has 14 heavy (non-hydrogen) atoms. The molecular formula is C13H22O. The van der Waals surface area contributed by atoms with Gasteiger partial charge in [-0.3, -0.25) is 4.79 Å². The normalized spacial score (nSPS) is 29.3. The summed E-state index contributed by atoms with van der Waals surface area (Å²) < 4.78 is 0. The smallest absolute Gasteiger partial charge is 0.145 e. The zero-order valence-electron chi connectivity index (χ0n) is 9.62. The molecule has 1 aliphatic carbocycles. The minimum absolute atomic E-state index is 0.662. The summed E-state index contributed by atoms with van der Waals surface area (Å²) in [5, 5.41) is 0. The molecule has 80 valence electrons. The SMILES string of the molecule is C/C(C=O)=C/C1CCC(C(C)C)CC1. The molecule has 0 atom stereocenters. The van der Waals surface area contributed by atoms with Crippen molar-refractivity contribution < 1.29 is 4.79 Å². The van der Waals surface area contributed by atoms with Gasteiger partial charge in [0, 0.05) is 0 Å². The molecule has 0 radical (unpaired) electrons. The molecule has 0 unspecified atom stereocenters. The lowest BCUT2D eigenvalue weighted by molar-refractivity contribution is -0.104. The second-order valence-corrected chi connectivity index (χ2v) is 4.95. The molecule has 1 saturated carbocycles. The molecular weight excluding hydrogens is 172 g/mol.